The maximum Gasteiger partial charge on any atom is 0.186 e. The monoisotopic (exact) mass is 329 g/mol. The highest BCUT2D eigenvalue weighted by Gasteiger charge is 2.11. The summed E-state index contributed by atoms with van der Waals surface area (Å²) in [6, 6.07) is 16.5. The summed E-state index contributed by atoms with van der Waals surface area (Å²) < 4.78 is 1.89. The first kappa shape index (κ1) is 15.3. The van der Waals surface area contributed by atoms with Crippen LogP contribution in [-0.4, -0.2) is 19.7 Å². The van der Waals surface area contributed by atoms with Gasteiger partial charge in [0.15, 0.2) is 5.65 Å². The molecule has 25 heavy (non-hydrogen) atoms. The molecular weight excluding hydrogens is 310 g/mol. The summed E-state index contributed by atoms with van der Waals surface area (Å²) in [4.78, 5) is 8.71. The molecular formula is C20H19N5. The SMILES string of the molecule is CCc1ccccc1-n1cc2c(Nc3ccc(C)cc3)ncnc2n1. The zero-order chi connectivity index (χ0) is 17.2. The van der Waals surface area contributed by atoms with Crippen LogP contribution in [0.1, 0.15) is 18.1 Å². The van der Waals surface area contributed by atoms with Crippen molar-refractivity contribution in [3.8, 4) is 5.69 Å². The molecule has 0 spiro atoms. The number of aryl methyl sites for hydroxylation is 2. The third-order valence-corrected chi connectivity index (χ3v) is 4.25. The third-order valence-electron chi connectivity index (χ3n) is 4.25. The Balaban J connectivity index is 1.77. The van der Waals surface area contributed by atoms with Gasteiger partial charge in [-0.1, -0.05) is 42.8 Å². The Morgan fingerprint density at radius 2 is 1.80 bits per heavy atom. The number of hydrogen-bond acceptors (Lipinski definition) is 4. The van der Waals surface area contributed by atoms with Crippen molar-refractivity contribution in [3.05, 3.63) is 72.2 Å². The minimum atomic E-state index is 0.676. The van der Waals surface area contributed by atoms with E-state index in [-0.39, 0.29) is 0 Å². The fourth-order valence-electron chi connectivity index (χ4n) is 2.87. The molecule has 0 saturated heterocycles. The van der Waals surface area contributed by atoms with Crippen molar-refractivity contribution < 1.29 is 0 Å². The third kappa shape index (κ3) is 2.96. The normalized spacial score (nSPS) is 11.0. The van der Waals surface area contributed by atoms with Crippen molar-refractivity contribution in [2.45, 2.75) is 20.3 Å². The second-order valence-electron chi connectivity index (χ2n) is 6.01. The molecule has 0 aliphatic rings. The number of anilines is 2. The minimum Gasteiger partial charge on any atom is -0.340 e. The highest BCUT2D eigenvalue weighted by atomic mass is 15.3. The van der Waals surface area contributed by atoms with E-state index in [9.17, 15) is 0 Å². The number of fused-ring (bicyclic) bond motifs is 1. The number of hydrogen-bond donors (Lipinski definition) is 1. The van der Waals surface area contributed by atoms with Crippen molar-refractivity contribution >= 4 is 22.5 Å². The van der Waals surface area contributed by atoms with Crippen LogP contribution < -0.4 is 5.32 Å². The number of benzene rings is 2. The lowest BCUT2D eigenvalue weighted by Crippen LogP contribution is -1.98. The van der Waals surface area contributed by atoms with Gasteiger partial charge in [0, 0.05) is 11.9 Å². The van der Waals surface area contributed by atoms with Crippen molar-refractivity contribution in [2.75, 3.05) is 5.32 Å². The standard InChI is InChI=1S/C20H19N5/c1-3-15-6-4-5-7-18(15)25-12-17-19(21-13-22-20(17)24-25)23-16-10-8-14(2)9-11-16/h4-13H,3H2,1-2H3,(H,21,22,23,24). The maximum absolute atomic E-state index is 4.63. The average molecular weight is 329 g/mol. The highest BCUT2D eigenvalue weighted by Crippen LogP contribution is 2.24. The average Bonchev–Trinajstić information content (AvgIpc) is 3.09. The lowest BCUT2D eigenvalue weighted by molar-refractivity contribution is 0.871. The molecule has 2 aromatic carbocycles. The molecule has 0 bridgehead atoms. The van der Waals surface area contributed by atoms with Crippen molar-refractivity contribution in [1.29, 1.82) is 0 Å². The number of nitrogens with zero attached hydrogens (tertiary/aromatic N) is 4. The Labute approximate surface area is 146 Å². The smallest absolute Gasteiger partial charge is 0.186 e. The predicted octanol–water partition coefficient (Wildman–Crippen LogP) is 4.43. The van der Waals surface area contributed by atoms with Crippen LogP contribution >= 0.6 is 0 Å². The molecule has 1 N–H and O–H groups in total. The Morgan fingerprint density at radius 3 is 2.60 bits per heavy atom. The topological polar surface area (TPSA) is 55.6 Å². The molecule has 4 aromatic rings. The summed E-state index contributed by atoms with van der Waals surface area (Å²) in [6.45, 7) is 4.22. The molecule has 0 radical (unpaired) electrons. The van der Waals surface area contributed by atoms with E-state index in [0.717, 1.165) is 29.0 Å². The van der Waals surface area contributed by atoms with Crippen molar-refractivity contribution in [1.82, 2.24) is 19.7 Å². The van der Waals surface area contributed by atoms with E-state index < -0.39 is 0 Å². The number of rotatable bonds is 4. The van der Waals surface area contributed by atoms with E-state index in [2.05, 4.69) is 64.6 Å². The quantitative estimate of drug-likeness (QED) is 0.602. The molecule has 2 heterocycles. The summed E-state index contributed by atoms with van der Waals surface area (Å²) in [7, 11) is 0. The van der Waals surface area contributed by atoms with Gasteiger partial charge in [-0.25, -0.2) is 14.6 Å². The van der Waals surface area contributed by atoms with Gasteiger partial charge >= 0.3 is 0 Å². The first-order chi connectivity index (χ1) is 12.2. The molecule has 0 aliphatic carbocycles. The van der Waals surface area contributed by atoms with Crippen molar-refractivity contribution in [3.63, 3.8) is 0 Å². The molecule has 0 amide bonds. The van der Waals surface area contributed by atoms with Crippen LogP contribution in [0.2, 0.25) is 0 Å². The van der Waals surface area contributed by atoms with Gasteiger partial charge in [0.05, 0.1) is 11.1 Å². The summed E-state index contributed by atoms with van der Waals surface area (Å²) in [5.41, 5.74) is 5.21. The summed E-state index contributed by atoms with van der Waals surface area (Å²) in [6.07, 6.45) is 4.48. The lowest BCUT2D eigenvalue weighted by atomic mass is 10.1. The maximum atomic E-state index is 4.63. The molecule has 0 aliphatic heterocycles. The van der Waals surface area contributed by atoms with E-state index in [1.54, 1.807) is 6.33 Å². The Bertz CT molecular complexity index is 1020. The van der Waals surface area contributed by atoms with Crippen LogP contribution in [0.15, 0.2) is 61.1 Å². The lowest BCUT2D eigenvalue weighted by Gasteiger charge is -2.07. The molecule has 0 fully saturated rings. The largest absolute Gasteiger partial charge is 0.340 e. The van der Waals surface area contributed by atoms with Gasteiger partial charge in [-0.2, -0.15) is 0 Å². The fraction of sp³-hybridized carbons (Fsp3) is 0.150. The van der Waals surface area contributed by atoms with Gasteiger partial charge in [-0.15, -0.1) is 5.10 Å². The summed E-state index contributed by atoms with van der Waals surface area (Å²) in [5, 5.41) is 8.89. The molecule has 124 valence electrons. The first-order valence-electron chi connectivity index (χ1n) is 8.37. The zero-order valence-electron chi connectivity index (χ0n) is 14.3. The second kappa shape index (κ2) is 6.36. The Kier molecular flexibility index (Phi) is 3.90. The second-order valence-corrected chi connectivity index (χ2v) is 6.01. The van der Waals surface area contributed by atoms with E-state index in [1.165, 1.54) is 11.1 Å². The van der Waals surface area contributed by atoms with Gasteiger partial charge < -0.3 is 5.32 Å². The van der Waals surface area contributed by atoms with E-state index in [4.69, 9.17) is 0 Å². The van der Waals surface area contributed by atoms with Crippen LogP contribution in [0.4, 0.5) is 11.5 Å². The van der Waals surface area contributed by atoms with Gasteiger partial charge in [-0.05, 0) is 37.1 Å². The van der Waals surface area contributed by atoms with Gasteiger partial charge in [0.2, 0.25) is 0 Å². The molecule has 5 heteroatoms. The zero-order valence-corrected chi connectivity index (χ0v) is 14.3. The van der Waals surface area contributed by atoms with Gasteiger partial charge in [0.1, 0.15) is 12.1 Å². The minimum absolute atomic E-state index is 0.676. The van der Waals surface area contributed by atoms with E-state index >= 15 is 0 Å². The predicted molar refractivity (Wildman–Crippen MR) is 100 cm³/mol. The first-order valence-corrected chi connectivity index (χ1v) is 8.37. The fourth-order valence-corrected chi connectivity index (χ4v) is 2.87. The van der Waals surface area contributed by atoms with Gasteiger partial charge in [0.25, 0.3) is 0 Å². The molecule has 5 nitrogen and oxygen atoms in total. The Hall–Kier alpha value is -3.21. The van der Waals surface area contributed by atoms with E-state index in [1.807, 2.05) is 29.1 Å². The van der Waals surface area contributed by atoms with Crippen molar-refractivity contribution in [2.24, 2.45) is 0 Å². The molecule has 0 unspecified atom stereocenters. The van der Waals surface area contributed by atoms with Crippen LogP contribution in [0.3, 0.4) is 0 Å². The van der Waals surface area contributed by atoms with Crippen LogP contribution in [0.5, 0.6) is 0 Å². The molecule has 0 atom stereocenters. The van der Waals surface area contributed by atoms with Crippen LogP contribution in [-0.2, 0) is 6.42 Å². The Morgan fingerprint density at radius 1 is 1.00 bits per heavy atom. The van der Waals surface area contributed by atoms with E-state index in [0.29, 0.717) is 5.65 Å². The number of nitrogens with one attached hydrogen (secondary N) is 1. The number of aromatic nitrogens is 4. The van der Waals surface area contributed by atoms with Crippen LogP contribution in [0, 0.1) is 6.92 Å². The van der Waals surface area contributed by atoms with Gasteiger partial charge in [-0.3, -0.25) is 0 Å². The number of para-hydroxylation sites is 1. The summed E-state index contributed by atoms with van der Waals surface area (Å²) in [5.74, 6) is 0.758. The highest BCUT2D eigenvalue weighted by molar-refractivity contribution is 5.88. The molecule has 2 aromatic heterocycles. The molecule has 0 saturated carbocycles. The summed E-state index contributed by atoms with van der Waals surface area (Å²) >= 11 is 0. The van der Waals surface area contributed by atoms with Crippen LogP contribution in [0.25, 0.3) is 16.7 Å². The molecule has 4 rings (SSSR count).